The van der Waals surface area contributed by atoms with Gasteiger partial charge in [-0.25, -0.2) is 0 Å². The fraction of sp³-hybridized carbons (Fsp3) is 0.647. The molecule has 2 nitrogen and oxygen atoms in total. The van der Waals surface area contributed by atoms with E-state index in [1.54, 1.807) is 0 Å². The number of rotatable bonds is 4. The molecule has 2 rings (SSSR count). The Bertz CT molecular complexity index is 394. The van der Waals surface area contributed by atoms with Gasteiger partial charge in [0.05, 0.1) is 0 Å². The molecule has 0 amide bonds. The molecule has 19 heavy (non-hydrogen) atoms. The largest absolute Gasteiger partial charge is 0.310 e. The third kappa shape index (κ3) is 3.80. The molecule has 1 N–H and O–H groups in total. The third-order valence-corrected chi connectivity index (χ3v) is 4.44. The Hall–Kier alpha value is -0.860. The Morgan fingerprint density at radius 3 is 2.21 bits per heavy atom. The topological polar surface area (TPSA) is 15.3 Å². The van der Waals surface area contributed by atoms with Gasteiger partial charge in [-0.05, 0) is 69.9 Å². The molecule has 0 spiro atoms. The molecule has 1 aliphatic heterocycles. The van der Waals surface area contributed by atoms with Crippen molar-refractivity contribution in [2.45, 2.75) is 53.1 Å². The maximum atomic E-state index is 3.76. The highest BCUT2D eigenvalue weighted by molar-refractivity contribution is 5.37. The molecule has 0 bridgehead atoms. The van der Waals surface area contributed by atoms with Crippen molar-refractivity contribution in [1.82, 2.24) is 10.2 Å². The minimum Gasteiger partial charge on any atom is -0.310 e. The van der Waals surface area contributed by atoms with Crippen LogP contribution in [0.2, 0.25) is 0 Å². The van der Waals surface area contributed by atoms with Crippen LogP contribution in [0.1, 0.15) is 42.0 Å². The first-order valence-electron chi connectivity index (χ1n) is 7.62. The van der Waals surface area contributed by atoms with Gasteiger partial charge in [0.1, 0.15) is 0 Å². The standard InChI is InChI=1S/C17H28N2/c1-5-19-8-6-16(7-9-19)18-12-17-14(3)10-13(2)11-15(17)4/h10-11,16,18H,5-9,12H2,1-4H3. The van der Waals surface area contributed by atoms with Crippen molar-refractivity contribution in [3.8, 4) is 0 Å². The number of nitrogens with one attached hydrogen (secondary N) is 1. The maximum Gasteiger partial charge on any atom is 0.0213 e. The van der Waals surface area contributed by atoms with Gasteiger partial charge in [0.15, 0.2) is 0 Å². The molecule has 0 unspecified atom stereocenters. The van der Waals surface area contributed by atoms with Crippen LogP contribution >= 0.6 is 0 Å². The molecule has 2 heteroatoms. The van der Waals surface area contributed by atoms with Crippen molar-refractivity contribution >= 4 is 0 Å². The van der Waals surface area contributed by atoms with E-state index >= 15 is 0 Å². The van der Waals surface area contributed by atoms with Crippen molar-refractivity contribution in [3.63, 3.8) is 0 Å². The van der Waals surface area contributed by atoms with Gasteiger partial charge in [-0.1, -0.05) is 24.6 Å². The number of piperidine rings is 1. The van der Waals surface area contributed by atoms with Crippen molar-refractivity contribution in [1.29, 1.82) is 0 Å². The Morgan fingerprint density at radius 1 is 1.11 bits per heavy atom. The lowest BCUT2D eigenvalue weighted by atomic mass is 9.98. The minimum atomic E-state index is 0.697. The van der Waals surface area contributed by atoms with Gasteiger partial charge < -0.3 is 10.2 Å². The van der Waals surface area contributed by atoms with Gasteiger partial charge in [-0.2, -0.15) is 0 Å². The average molecular weight is 260 g/mol. The minimum absolute atomic E-state index is 0.697. The molecule has 1 heterocycles. The molecule has 0 aliphatic carbocycles. The summed E-state index contributed by atoms with van der Waals surface area (Å²) in [5.74, 6) is 0. The molecular weight excluding hydrogens is 232 g/mol. The monoisotopic (exact) mass is 260 g/mol. The van der Waals surface area contributed by atoms with Crippen LogP contribution in [-0.2, 0) is 6.54 Å². The number of hydrogen-bond acceptors (Lipinski definition) is 2. The smallest absolute Gasteiger partial charge is 0.0213 e. The van der Waals surface area contributed by atoms with Crippen LogP contribution in [0.3, 0.4) is 0 Å². The predicted octanol–water partition coefficient (Wildman–Crippen LogP) is 3.19. The van der Waals surface area contributed by atoms with E-state index in [0.29, 0.717) is 6.04 Å². The molecule has 1 aromatic rings. The summed E-state index contributed by atoms with van der Waals surface area (Å²) in [5.41, 5.74) is 5.71. The van der Waals surface area contributed by atoms with E-state index in [4.69, 9.17) is 0 Å². The van der Waals surface area contributed by atoms with Crippen molar-refractivity contribution in [2.75, 3.05) is 19.6 Å². The summed E-state index contributed by atoms with van der Waals surface area (Å²) >= 11 is 0. The summed E-state index contributed by atoms with van der Waals surface area (Å²) < 4.78 is 0. The van der Waals surface area contributed by atoms with Gasteiger partial charge in [-0.3, -0.25) is 0 Å². The summed E-state index contributed by atoms with van der Waals surface area (Å²) in [6.07, 6.45) is 2.58. The van der Waals surface area contributed by atoms with Crippen LogP contribution in [0.25, 0.3) is 0 Å². The van der Waals surface area contributed by atoms with Crippen LogP contribution in [0.4, 0.5) is 0 Å². The zero-order valence-electron chi connectivity index (χ0n) is 12.9. The molecule has 0 atom stereocenters. The number of nitrogens with zero attached hydrogens (tertiary/aromatic N) is 1. The number of likely N-dealkylation sites (tertiary alicyclic amines) is 1. The van der Waals surface area contributed by atoms with Crippen LogP contribution in [0, 0.1) is 20.8 Å². The molecule has 0 saturated carbocycles. The van der Waals surface area contributed by atoms with E-state index in [1.165, 1.54) is 54.7 Å². The maximum absolute atomic E-state index is 3.76. The second-order valence-corrected chi connectivity index (χ2v) is 5.97. The number of benzene rings is 1. The zero-order chi connectivity index (χ0) is 13.8. The molecule has 0 radical (unpaired) electrons. The fourth-order valence-electron chi connectivity index (χ4n) is 3.19. The van der Waals surface area contributed by atoms with Gasteiger partial charge in [0.2, 0.25) is 0 Å². The van der Waals surface area contributed by atoms with E-state index in [2.05, 4.69) is 50.0 Å². The predicted molar refractivity (Wildman–Crippen MR) is 82.6 cm³/mol. The second kappa shape index (κ2) is 6.53. The average Bonchev–Trinajstić information content (AvgIpc) is 2.38. The van der Waals surface area contributed by atoms with Crippen molar-refractivity contribution < 1.29 is 0 Å². The Balaban J connectivity index is 1.89. The summed E-state index contributed by atoms with van der Waals surface area (Å²) in [6.45, 7) is 13.6. The van der Waals surface area contributed by atoms with Gasteiger partial charge in [0, 0.05) is 12.6 Å². The summed E-state index contributed by atoms with van der Waals surface area (Å²) in [4.78, 5) is 2.54. The number of aryl methyl sites for hydroxylation is 3. The molecule has 1 aromatic carbocycles. The molecule has 1 fully saturated rings. The normalized spacial score (nSPS) is 17.9. The van der Waals surface area contributed by atoms with Crippen LogP contribution < -0.4 is 5.32 Å². The van der Waals surface area contributed by atoms with E-state index < -0.39 is 0 Å². The first-order valence-corrected chi connectivity index (χ1v) is 7.62. The SMILES string of the molecule is CCN1CCC(NCc2c(C)cc(C)cc2C)CC1. The Labute approximate surface area is 118 Å². The quantitative estimate of drug-likeness (QED) is 0.894. The van der Waals surface area contributed by atoms with E-state index in [-0.39, 0.29) is 0 Å². The molecule has 1 aliphatic rings. The summed E-state index contributed by atoms with van der Waals surface area (Å²) in [5, 5.41) is 3.76. The third-order valence-electron chi connectivity index (χ3n) is 4.44. The van der Waals surface area contributed by atoms with E-state index in [0.717, 1.165) is 6.54 Å². The molecular formula is C17H28N2. The number of hydrogen-bond donors (Lipinski definition) is 1. The van der Waals surface area contributed by atoms with Crippen molar-refractivity contribution in [2.24, 2.45) is 0 Å². The second-order valence-electron chi connectivity index (χ2n) is 5.97. The highest BCUT2D eigenvalue weighted by Gasteiger charge is 2.17. The lowest BCUT2D eigenvalue weighted by Gasteiger charge is -2.31. The summed E-state index contributed by atoms with van der Waals surface area (Å²) in [7, 11) is 0. The van der Waals surface area contributed by atoms with E-state index in [1.807, 2.05) is 0 Å². The van der Waals surface area contributed by atoms with Gasteiger partial charge >= 0.3 is 0 Å². The molecule has 1 saturated heterocycles. The van der Waals surface area contributed by atoms with Gasteiger partial charge in [0.25, 0.3) is 0 Å². The lowest BCUT2D eigenvalue weighted by Crippen LogP contribution is -2.42. The lowest BCUT2D eigenvalue weighted by molar-refractivity contribution is 0.206. The highest BCUT2D eigenvalue weighted by Crippen LogP contribution is 2.17. The van der Waals surface area contributed by atoms with Gasteiger partial charge in [-0.15, -0.1) is 0 Å². The van der Waals surface area contributed by atoms with Crippen LogP contribution in [0.5, 0.6) is 0 Å². The Kier molecular flexibility index (Phi) is 5.00. The first kappa shape index (κ1) is 14.5. The fourth-order valence-corrected chi connectivity index (χ4v) is 3.19. The highest BCUT2D eigenvalue weighted by atomic mass is 15.1. The molecule has 0 aromatic heterocycles. The van der Waals surface area contributed by atoms with Crippen molar-refractivity contribution in [3.05, 3.63) is 34.4 Å². The van der Waals surface area contributed by atoms with Crippen LogP contribution in [-0.4, -0.2) is 30.6 Å². The van der Waals surface area contributed by atoms with E-state index in [9.17, 15) is 0 Å². The Morgan fingerprint density at radius 2 is 1.68 bits per heavy atom. The zero-order valence-corrected chi connectivity index (χ0v) is 12.9. The summed E-state index contributed by atoms with van der Waals surface area (Å²) in [6, 6.07) is 5.29. The van der Waals surface area contributed by atoms with Crippen LogP contribution in [0.15, 0.2) is 12.1 Å². The first-order chi connectivity index (χ1) is 9.10. The molecule has 106 valence electrons.